The van der Waals surface area contributed by atoms with E-state index in [1.54, 1.807) is 0 Å². The molecule has 1 aliphatic heterocycles. The zero-order valence-electron chi connectivity index (χ0n) is 7.18. The SMILES string of the molecule is Sc1cc(S)c2c(c1S)CN(S)C=C2. The van der Waals surface area contributed by atoms with Gasteiger partial charge < -0.3 is 4.31 Å². The third kappa shape index (κ3) is 1.78. The minimum absolute atomic E-state index is 0.732. The maximum Gasteiger partial charge on any atom is 0.0554 e. The Morgan fingerprint density at radius 3 is 2.57 bits per heavy atom. The zero-order chi connectivity index (χ0) is 10.3. The van der Waals surface area contributed by atoms with Crippen molar-refractivity contribution in [2.45, 2.75) is 21.2 Å². The average molecular weight is 259 g/mol. The molecule has 2 rings (SSSR count). The summed E-state index contributed by atoms with van der Waals surface area (Å²) in [6.45, 7) is 0.732. The van der Waals surface area contributed by atoms with Gasteiger partial charge in [0.15, 0.2) is 0 Å². The molecule has 14 heavy (non-hydrogen) atoms. The molecule has 0 bridgehead atoms. The Balaban J connectivity index is 2.66. The summed E-state index contributed by atoms with van der Waals surface area (Å²) in [5.41, 5.74) is 2.24. The van der Waals surface area contributed by atoms with Crippen molar-refractivity contribution in [1.82, 2.24) is 4.31 Å². The summed E-state index contributed by atoms with van der Waals surface area (Å²) in [6, 6.07) is 1.91. The van der Waals surface area contributed by atoms with Crippen LogP contribution in [0.3, 0.4) is 0 Å². The standard InChI is InChI=1S/C9H9NS4/c11-7-3-8(12)9(13)6-4-10(14)2-1-5(6)7/h1-3,11-14H,4H2. The van der Waals surface area contributed by atoms with Gasteiger partial charge >= 0.3 is 0 Å². The quantitative estimate of drug-likeness (QED) is 0.521. The molecule has 0 aliphatic carbocycles. The lowest BCUT2D eigenvalue weighted by Gasteiger charge is -2.22. The van der Waals surface area contributed by atoms with E-state index < -0.39 is 0 Å². The molecule has 0 N–H and O–H groups in total. The van der Waals surface area contributed by atoms with E-state index in [2.05, 4.69) is 50.7 Å². The fraction of sp³-hybridized carbons (Fsp3) is 0.111. The molecule has 74 valence electrons. The van der Waals surface area contributed by atoms with Gasteiger partial charge in [-0.1, -0.05) is 12.8 Å². The molecule has 1 aliphatic rings. The molecule has 0 spiro atoms. The second-order valence-corrected chi connectivity index (χ2v) is 4.99. The maximum absolute atomic E-state index is 4.43. The molecular weight excluding hydrogens is 250 g/mol. The Labute approximate surface area is 105 Å². The van der Waals surface area contributed by atoms with Gasteiger partial charge in [-0.2, -0.15) is 0 Å². The Hall–Kier alpha value is 0.160. The van der Waals surface area contributed by atoms with E-state index in [1.165, 1.54) is 0 Å². The third-order valence-electron chi connectivity index (χ3n) is 2.14. The molecule has 0 atom stereocenters. The van der Waals surface area contributed by atoms with Gasteiger partial charge in [0.2, 0.25) is 0 Å². The largest absolute Gasteiger partial charge is 0.321 e. The van der Waals surface area contributed by atoms with Crippen molar-refractivity contribution in [3.8, 4) is 0 Å². The summed E-state index contributed by atoms with van der Waals surface area (Å²) in [6.07, 6.45) is 3.90. The summed E-state index contributed by atoms with van der Waals surface area (Å²) >= 11 is 17.4. The minimum atomic E-state index is 0.732. The van der Waals surface area contributed by atoms with Gasteiger partial charge in [-0.25, -0.2) is 0 Å². The van der Waals surface area contributed by atoms with Crippen LogP contribution in [0.5, 0.6) is 0 Å². The van der Waals surface area contributed by atoms with Crippen LogP contribution < -0.4 is 0 Å². The van der Waals surface area contributed by atoms with E-state index in [0.29, 0.717) is 0 Å². The number of hydrogen-bond donors (Lipinski definition) is 4. The third-order valence-corrected chi connectivity index (χ3v) is 3.82. The highest BCUT2D eigenvalue weighted by Gasteiger charge is 2.15. The topological polar surface area (TPSA) is 3.24 Å². The molecule has 1 aromatic rings. The molecule has 1 heterocycles. The fourth-order valence-corrected chi connectivity index (χ4v) is 2.60. The lowest BCUT2D eigenvalue weighted by Crippen LogP contribution is -2.10. The monoisotopic (exact) mass is 259 g/mol. The number of fused-ring (bicyclic) bond motifs is 1. The van der Waals surface area contributed by atoms with E-state index >= 15 is 0 Å². The van der Waals surface area contributed by atoms with Crippen molar-refractivity contribution in [2.24, 2.45) is 0 Å². The molecule has 0 fully saturated rings. The number of thiol groups is 4. The first-order chi connectivity index (χ1) is 6.59. The number of hydrogen-bond acceptors (Lipinski definition) is 5. The van der Waals surface area contributed by atoms with Gasteiger partial charge in [-0.3, -0.25) is 0 Å². The molecular formula is C9H9NS4. The molecule has 1 nitrogen and oxygen atoms in total. The van der Waals surface area contributed by atoms with Crippen molar-refractivity contribution < 1.29 is 0 Å². The lowest BCUT2D eigenvalue weighted by molar-refractivity contribution is 0.608. The van der Waals surface area contributed by atoms with Crippen molar-refractivity contribution >= 4 is 56.8 Å². The van der Waals surface area contributed by atoms with E-state index in [9.17, 15) is 0 Å². The first kappa shape index (κ1) is 10.7. The van der Waals surface area contributed by atoms with Crippen LogP contribution in [0.25, 0.3) is 6.08 Å². The van der Waals surface area contributed by atoms with E-state index in [1.807, 2.05) is 22.6 Å². The van der Waals surface area contributed by atoms with Gasteiger partial charge in [-0.05, 0) is 23.3 Å². The molecule has 0 amide bonds. The first-order valence-electron chi connectivity index (χ1n) is 4.00. The Morgan fingerprint density at radius 1 is 1.14 bits per heavy atom. The predicted molar refractivity (Wildman–Crippen MR) is 71.8 cm³/mol. The molecule has 0 radical (unpaired) electrons. The van der Waals surface area contributed by atoms with Crippen LogP contribution in [0, 0.1) is 0 Å². The number of rotatable bonds is 0. The van der Waals surface area contributed by atoms with Crippen LogP contribution >= 0.6 is 50.7 Å². The van der Waals surface area contributed by atoms with Gasteiger partial charge in [0.1, 0.15) is 0 Å². The molecule has 0 aromatic heterocycles. The molecule has 0 unspecified atom stereocenters. The number of benzene rings is 1. The van der Waals surface area contributed by atoms with Crippen LogP contribution in [-0.2, 0) is 6.54 Å². The second-order valence-electron chi connectivity index (χ2n) is 3.07. The normalized spacial score (nSPS) is 14.4. The van der Waals surface area contributed by atoms with Gasteiger partial charge in [-0.15, -0.1) is 37.9 Å². The summed E-state index contributed by atoms with van der Waals surface area (Å²) in [5, 5.41) is 0. The highest BCUT2D eigenvalue weighted by Crippen LogP contribution is 2.35. The number of nitrogens with zero attached hydrogens (tertiary/aromatic N) is 1. The zero-order valence-corrected chi connectivity index (χ0v) is 10.8. The van der Waals surface area contributed by atoms with Gasteiger partial charge in [0, 0.05) is 20.9 Å². The van der Waals surface area contributed by atoms with Crippen molar-refractivity contribution in [2.75, 3.05) is 0 Å². The minimum Gasteiger partial charge on any atom is -0.321 e. The summed E-state index contributed by atoms with van der Waals surface area (Å²) in [5.74, 6) is 0. The molecule has 1 aromatic carbocycles. The van der Waals surface area contributed by atoms with Crippen molar-refractivity contribution in [3.63, 3.8) is 0 Å². The van der Waals surface area contributed by atoms with Crippen molar-refractivity contribution in [3.05, 3.63) is 23.4 Å². The van der Waals surface area contributed by atoms with Gasteiger partial charge in [0.25, 0.3) is 0 Å². The summed E-state index contributed by atoms with van der Waals surface area (Å²) in [7, 11) is 0. The highest BCUT2D eigenvalue weighted by atomic mass is 32.1. The molecule has 0 saturated carbocycles. The van der Waals surface area contributed by atoms with Crippen LogP contribution in [-0.4, -0.2) is 4.31 Å². The Bertz CT molecular complexity index is 414. The van der Waals surface area contributed by atoms with Crippen LogP contribution in [0.15, 0.2) is 27.0 Å². The second kappa shape index (κ2) is 3.96. The Morgan fingerprint density at radius 2 is 1.86 bits per heavy atom. The fourth-order valence-electron chi connectivity index (χ4n) is 1.43. The van der Waals surface area contributed by atoms with E-state index in [0.717, 1.165) is 32.4 Å². The van der Waals surface area contributed by atoms with E-state index in [4.69, 9.17) is 0 Å². The van der Waals surface area contributed by atoms with Crippen LogP contribution in [0.1, 0.15) is 11.1 Å². The first-order valence-corrected chi connectivity index (χ1v) is 5.74. The smallest absolute Gasteiger partial charge is 0.0554 e. The average Bonchev–Trinajstić information content (AvgIpc) is 2.14. The maximum atomic E-state index is 4.43. The summed E-state index contributed by atoms with van der Waals surface area (Å²) in [4.78, 5) is 2.69. The predicted octanol–water partition coefficient (Wildman–Crippen LogP) is 3.18. The van der Waals surface area contributed by atoms with Crippen molar-refractivity contribution in [1.29, 1.82) is 0 Å². The van der Waals surface area contributed by atoms with Gasteiger partial charge in [0.05, 0.1) is 6.54 Å². The molecule has 5 heteroatoms. The molecule has 0 saturated heterocycles. The summed E-state index contributed by atoms with van der Waals surface area (Å²) < 4.78 is 1.81. The highest BCUT2D eigenvalue weighted by molar-refractivity contribution is 7.83. The lowest BCUT2D eigenvalue weighted by atomic mass is 10.1. The Kier molecular flexibility index (Phi) is 3.02. The van der Waals surface area contributed by atoms with Crippen LogP contribution in [0.2, 0.25) is 0 Å². The van der Waals surface area contributed by atoms with E-state index in [-0.39, 0.29) is 0 Å². The van der Waals surface area contributed by atoms with Crippen LogP contribution in [0.4, 0.5) is 0 Å².